The van der Waals surface area contributed by atoms with Crippen LogP contribution in [0.3, 0.4) is 0 Å². The van der Waals surface area contributed by atoms with Crippen molar-refractivity contribution in [1.82, 2.24) is 0 Å². The van der Waals surface area contributed by atoms with Crippen LogP contribution in [0.4, 0.5) is 0 Å². The molecule has 0 spiro atoms. The summed E-state index contributed by atoms with van der Waals surface area (Å²) in [6.45, 7) is 1.86. The van der Waals surface area contributed by atoms with Gasteiger partial charge in [-0.3, -0.25) is 0 Å². The largest absolute Gasteiger partial charge is 0.465 e. The molecule has 0 radical (unpaired) electrons. The zero-order valence-electron chi connectivity index (χ0n) is 13.7. The van der Waals surface area contributed by atoms with Crippen molar-refractivity contribution < 1.29 is 22.1 Å². The maximum atomic E-state index is 12.6. The fourth-order valence-electron chi connectivity index (χ4n) is 2.47. The van der Waals surface area contributed by atoms with E-state index in [9.17, 15) is 13.2 Å². The number of esters is 1. The van der Waals surface area contributed by atoms with E-state index in [0.29, 0.717) is 5.39 Å². The van der Waals surface area contributed by atoms with Crippen molar-refractivity contribution in [2.24, 2.45) is 0 Å². The minimum absolute atomic E-state index is 0.0156. The molecule has 0 fully saturated rings. The molecule has 0 saturated carbocycles. The van der Waals surface area contributed by atoms with Gasteiger partial charge >= 0.3 is 16.1 Å². The molecule has 3 aromatic carbocycles. The van der Waals surface area contributed by atoms with Crippen LogP contribution in [0.5, 0.6) is 5.75 Å². The average molecular weight is 356 g/mol. The highest BCUT2D eigenvalue weighted by atomic mass is 32.2. The molecule has 0 saturated heterocycles. The lowest BCUT2D eigenvalue weighted by Crippen LogP contribution is -2.13. The highest BCUT2D eigenvalue weighted by molar-refractivity contribution is 7.87. The Bertz CT molecular complexity index is 1040. The molecule has 0 heterocycles. The van der Waals surface area contributed by atoms with Crippen LogP contribution in [-0.2, 0) is 14.9 Å². The third-order valence-electron chi connectivity index (χ3n) is 3.79. The van der Waals surface area contributed by atoms with Crippen LogP contribution >= 0.6 is 0 Å². The summed E-state index contributed by atoms with van der Waals surface area (Å²) < 4.78 is 35.4. The first-order valence-electron chi connectivity index (χ1n) is 7.53. The van der Waals surface area contributed by atoms with Crippen molar-refractivity contribution in [2.75, 3.05) is 7.11 Å². The van der Waals surface area contributed by atoms with Gasteiger partial charge in [0.05, 0.1) is 7.11 Å². The number of methoxy groups -OCH3 is 1. The van der Waals surface area contributed by atoms with Crippen LogP contribution in [0.1, 0.15) is 15.9 Å². The summed E-state index contributed by atoms with van der Waals surface area (Å²) in [7, 11) is -2.86. The van der Waals surface area contributed by atoms with Crippen molar-refractivity contribution in [2.45, 2.75) is 11.8 Å². The number of benzene rings is 3. The number of hydrogen-bond donors (Lipinski definition) is 0. The van der Waals surface area contributed by atoms with Gasteiger partial charge in [-0.2, -0.15) is 8.42 Å². The molecule has 0 aromatic heterocycles. The van der Waals surface area contributed by atoms with Gasteiger partial charge in [0, 0.05) is 5.39 Å². The van der Waals surface area contributed by atoms with Crippen molar-refractivity contribution in [1.29, 1.82) is 0 Å². The van der Waals surface area contributed by atoms with Crippen LogP contribution in [0.2, 0.25) is 0 Å². The number of fused-ring (bicyclic) bond motifs is 1. The molecule has 0 aliphatic rings. The highest BCUT2D eigenvalue weighted by Gasteiger charge is 2.23. The molecule has 6 heteroatoms. The number of aryl methyl sites for hydroxylation is 1. The Labute approximate surface area is 145 Å². The Hall–Kier alpha value is -2.86. The van der Waals surface area contributed by atoms with E-state index in [-0.39, 0.29) is 16.2 Å². The number of carbonyl (C=O) groups is 1. The molecule has 0 N–H and O–H groups in total. The SMILES string of the molecule is COC(=O)c1ccc2ccccc2c1OS(=O)(=O)c1ccc(C)cc1. The first kappa shape index (κ1) is 17.0. The topological polar surface area (TPSA) is 69.7 Å². The van der Waals surface area contributed by atoms with Crippen LogP contribution in [0.25, 0.3) is 10.8 Å². The summed E-state index contributed by atoms with van der Waals surface area (Å²) in [5, 5.41) is 1.27. The van der Waals surface area contributed by atoms with E-state index >= 15 is 0 Å². The van der Waals surface area contributed by atoms with Gasteiger partial charge in [-0.15, -0.1) is 0 Å². The van der Waals surface area contributed by atoms with Crippen LogP contribution in [0, 0.1) is 6.92 Å². The minimum Gasteiger partial charge on any atom is -0.465 e. The zero-order chi connectivity index (χ0) is 18.0. The van der Waals surface area contributed by atoms with Gasteiger partial charge in [-0.25, -0.2) is 4.79 Å². The number of carbonyl (C=O) groups excluding carboxylic acids is 1. The standard InChI is InChI=1S/C19H16O5S/c1-13-7-10-15(11-8-13)25(21,22)24-18-16-6-4-3-5-14(16)9-12-17(18)19(20)23-2/h3-12H,1-2H3. The second kappa shape index (κ2) is 6.57. The molecular weight excluding hydrogens is 340 g/mol. The van der Waals surface area contributed by atoms with E-state index in [4.69, 9.17) is 8.92 Å². The summed E-state index contributed by atoms with van der Waals surface area (Å²) in [5.41, 5.74) is 0.983. The Morgan fingerprint density at radius 2 is 1.60 bits per heavy atom. The highest BCUT2D eigenvalue weighted by Crippen LogP contribution is 2.32. The summed E-state index contributed by atoms with van der Waals surface area (Å²) in [5.74, 6) is -0.703. The second-order valence-corrected chi connectivity index (χ2v) is 7.05. The quantitative estimate of drug-likeness (QED) is 0.526. The predicted octanol–water partition coefficient (Wildman–Crippen LogP) is 3.70. The fraction of sp³-hybridized carbons (Fsp3) is 0.105. The van der Waals surface area contributed by atoms with Gasteiger partial charge in [-0.1, -0.05) is 48.0 Å². The van der Waals surface area contributed by atoms with Gasteiger partial charge in [0.25, 0.3) is 0 Å². The molecule has 3 aromatic rings. The van der Waals surface area contributed by atoms with E-state index in [1.807, 2.05) is 19.1 Å². The average Bonchev–Trinajstić information content (AvgIpc) is 2.61. The summed E-state index contributed by atoms with van der Waals surface area (Å²) >= 11 is 0. The van der Waals surface area contributed by atoms with E-state index < -0.39 is 16.1 Å². The van der Waals surface area contributed by atoms with Gasteiger partial charge in [0.1, 0.15) is 10.5 Å². The predicted molar refractivity (Wildman–Crippen MR) is 94.3 cm³/mol. The normalized spacial score (nSPS) is 11.3. The lowest BCUT2D eigenvalue weighted by Gasteiger charge is -2.13. The smallest absolute Gasteiger partial charge is 0.341 e. The third-order valence-corrected chi connectivity index (χ3v) is 5.02. The van der Waals surface area contributed by atoms with Crippen molar-refractivity contribution in [3.05, 3.63) is 71.8 Å². The van der Waals surface area contributed by atoms with Crippen LogP contribution in [0.15, 0.2) is 65.6 Å². The number of rotatable bonds is 4. The summed E-state index contributed by atoms with van der Waals surface area (Å²) in [6.07, 6.45) is 0. The summed E-state index contributed by atoms with van der Waals surface area (Å²) in [6, 6.07) is 16.6. The van der Waals surface area contributed by atoms with E-state index in [0.717, 1.165) is 10.9 Å². The Morgan fingerprint density at radius 3 is 2.28 bits per heavy atom. The molecule has 128 valence electrons. The molecule has 25 heavy (non-hydrogen) atoms. The van der Waals surface area contributed by atoms with Crippen molar-refractivity contribution >= 4 is 26.9 Å². The summed E-state index contributed by atoms with van der Waals surface area (Å²) in [4.78, 5) is 12.1. The van der Waals surface area contributed by atoms with E-state index in [1.165, 1.54) is 25.3 Å². The molecule has 0 bridgehead atoms. The molecule has 0 amide bonds. The molecule has 0 atom stereocenters. The lowest BCUT2D eigenvalue weighted by molar-refractivity contribution is 0.0599. The van der Waals surface area contributed by atoms with Crippen molar-refractivity contribution in [3.63, 3.8) is 0 Å². The van der Waals surface area contributed by atoms with Gasteiger partial charge in [0.15, 0.2) is 5.75 Å². The Kier molecular flexibility index (Phi) is 4.46. The Balaban J connectivity index is 2.16. The van der Waals surface area contributed by atoms with Gasteiger partial charge < -0.3 is 8.92 Å². The maximum absolute atomic E-state index is 12.6. The fourth-order valence-corrected chi connectivity index (χ4v) is 3.43. The first-order valence-corrected chi connectivity index (χ1v) is 8.94. The first-order chi connectivity index (χ1) is 11.9. The molecule has 0 aliphatic carbocycles. The molecule has 0 unspecified atom stereocenters. The third kappa shape index (κ3) is 3.34. The van der Waals surface area contributed by atoms with Crippen LogP contribution < -0.4 is 4.18 Å². The minimum atomic E-state index is -4.09. The van der Waals surface area contributed by atoms with Gasteiger partial charge in [0.2, 0.25) is 0 Å². The molecule has 3 rings (SSSR count). The molecular formula is C19H16O5S. The Morgan fingerprint density at radius 1 is 0.920 bits per heavy atom. The second-order valence-electron chi connectivity index (χ2n) is 5.51. The van der Waals surface area contributed by atoms with Crippen LogP contribution in [-0.4, -0.2) is 21.5 Å². The zero-order valence-corrected chi connectivity index (χ0v) is 14.5. The van der Waals surface area contributed by atoms with E-state index in [2.05, 4.69) is 0 Å². The number of ether oxygens (including phenoxy) is 1. The molecule has 0 aliphatic heterocycles. The van der Waals surface area contributed by atoms with Gasteiger partial charge in [-0.05, 0) is 30.5 Å². The monoisotopic (exact) mass is 356 g/mol. The maximum Gasteiger partial charge on any atom is 0.341 e. The van der Waals surface area contributed by atoms with Crippen molar-refractivity contribution in [3.8, 4) is 5.75 Å². The van der Waals surface area contributed by atoms with E-state index in [1.54, 1.807) is 30.3 Å². The lowest BCUT2D eigenvalue weighted by atomic mass is 10.1. The number of hydrogen-bond acceptors (Lipinski definition) is 5. The molecule has 5 nitrogen and oxygen atoms in total.